The van der Waals surface area contributed by atoms with Gasteiger partial charge in [0.15, 0.2) is 6.10 Å². The second-order valence-electron chi connectivity index (χ2n) is 23.8. The molecule has 1 unspecified atom stereocenters. The van der Waals surface area contributed by atoms with Gasteiger partial charge in [0.25, 0.3) is 0 Å². The van der Waals surface area contributed by atoms with Crippen LogP contribution in [0.1, 0.15) is 393 Å². The molecule has 0 saturated carbocycles. The van der Waals surface area contributed by atoms with Gasteiger partial charge in [0.05, 0.1) is 0 Å². The summed E-state index contributed by atoms with van der Waals surface area (Å²) in [5, 5.41) is 0. The van der Waals surface area contributed by atoms with Gasteiger partial charge in [-0.05, 0) is 64.2 Å². The lowest BCUT2D eigenvalue weighted by molar-refractivity contribution is -0.167. The first-order valence-corrected chi connectivity index (χ1v) is 34.8. The maximum Gasteiger partial charge on any atom is 0.306 e. The summed E-state index contributed by atoms with van der Waals surface area (Å²) < 4.78 is 16.9. The summed E-state index contributed by atoms with van der Waals surface area (Å²) in [6, 6.07) is 0. The Kier molecular flexibility index (Phi) is 64.6. The van der Waals surface area contributed by atoms with E-state index in [1.165, 1.54) is 276 Å². The van der Waals surface area contributed by atoms with E-state index in [0.29, 0.717) is 19.3 Å². The number of hydrogen-bond acceptors (Lipinski definition) is 6. The predicted octanol–water partition coefficient (Wildman–Crippen LogP) is 23.8. The van der Waals surface area contributed by atoms with Crippen LogP contribution in [0.2, 0.25) is 0 Å². The van der Waals surface area contributed by atoms with Crippen molar-refractivity contribution in [1.29, 1.82) is 0 Å². The van der Waals surface area contributed by atoms with E-state index in [4.69, 9.17) is 14.2 Å². The van der Waals surface area contributed by atoms with Crippen molar-refractivity contribution >= 4 is 17.9 Å². The summed E-state index contributed by atoms with van der Waals surface area (Å²) in [5.74, 6) is -0.868. The zero-order chi connectivity index (χ0) is 55.7. The number of rotatable bonds is 65. The lowest BCUT2D eigenvalue weighted by Gasteiger charge is -2.18. The topological polar surface area (TPSA) is 78.9 Å². The van der Waals surface area contributed by atoms with E-state index in [0.717, 1.165) is 77.0 Å². The summed E-state index contributed by atoms with van der Waals surface area (Å²) in [6.07, 6.45) is 81.0. The maximum absolute atomic E-state index is 12.9. The van der Waals surface area contributed by atoms with Gasteiger partial charge in [-0.3, -0.25) is 14.4 Å². The fourth-order valence-corrected chi connectivity index (χ4v) is 10.7. The molecule has 1 atom stereocenters. The standard InChI is InChI=1S/C71H134O6/c1-4-7-10-13-16-19-22-24-26-28-29-30-31-32-33-34-35-36-37-38-39-40-41-42-43-44-46-47-49-52-55-58-61-64-70(73)76-67-68(66-75-69(72)63-60-57-54-51-21-18-15-12-9-6-3)77-71(74)65-62-59-56-53-50-48-45-27-25-23-20-17-14-11-8-5-2/h12,15,27,45,68H,4-11,13-14,16-26,28-44,46-67H2,1-3H3/b15-12-,45-27-. The number of unbranched alkanes of at least 4 members (excludes halogenated alkanes) is 50. The van der Waals surface area contributed by atoms with Gasteiger partial charge in [-0.15, -0.1) is 0 Å². The molecule has 0 N–H and O–H groups in total. The summed E-state index contributed by atoms with van der Waals surface area (Å²) >= 11 is 0. The highest BCUT2D eigenvalue weighted by Gasteiger charge is 2.19. The fraction of sp³-hybridized carbons (Fsp3) is 0.901. The Balaban J connectivity index is 4.01. The van der Waals surface area contributed by atoms with Crippen molar-refractivity contribution in [2.75, 3.05) is 13.2 Å². The van der Waals surface area contributed by atoms with Crippen LogP contribution in [-0.4, -0.2) is 37.2 Å². The molecule has 454 valence electrons. The molecule has 0 aromatic rings. The normalized spacial score (nSPS) is 12.1. The summed E-state index contributed by atoms with van der Waals surface area (Å²) in [5.41, 5.74) is 0. The first-order valence-electron chi connectivity index (χ1n) is 34.8. The molecule has 0 saturated heterocycles. The Bertz CT molecular complexity index is 1240. The van der Waals surface area contributed by atoms with Crippen LogP contribution in [0.15, 0.2) is 24.3 Å². The van der Waals surface area contributed by atoms with Gasteiger partial charge in [-0.2, -0.15) is 0 Å². The van der Waals surface area contributed by atoms with Crippen molar-refractivity contribution in [1.82, 2.24) is 0 Å². The molecule has 77 heavy (non-hydrogen) atoms. The van der Waals surface area contributed by atoms with Gasteiger partial charge in [0, 0.05) is 19.3 Å². The molecule has 0 bridgehead atoms. The number of carbonyl (C=O) groups is 3. The van der Waals surface area contributed by atoms with Crippen molar-refractivity contribution in [2.24, 2.45) is 0 Å². The minimum atomic E-state index is -0.776. The van der Waals surface area contributed by atoms with E-state index >= 15 is 0 Å². The van der Waals surface area contributed by atoms with E-state index in [1.54, 1.807) is 0 Å². The monoisotopic (exact) mass is 1080 g/mol. The lowest BCUT2D eigenvalue weighted by atomic mass is 10.0. The summed E-state index contributed by atoms with van der Waals surface area (Å²) in [4.78, 5) is 38.2. The highest BCUT2D eigenvalue weighted by atomic mass is 16.6. The number of hydrogen-bond donors (Lipinski definition) is 0. The zero-order valence-electron chi connectivity index (χ0n) is 52.3. The largest absolute Gasteiger partial charge is 0.462 e. The third kappa shape index (κ3) is 64.6. The molecule has 0 aliphatic carbocycles. The molecule has 6 nitrogen and oxygen atoms in total. The smallest absolute Gasteiger partial charge is 0.306 e. The van der Waals surface area contributed by atoms with Crippen LogP contribution in [0.4, 0.5) is 0 Å². The van der Waals surface area contributed by atoms with Crippen molar-refractivity contribution in [2.45, 2.75) is 399 Å². The number of ether oxygens (including phenoxy) is 3. The molecule has 0 aromatic carbocycles. The molecule has 0 fully saturated rings. The van der Waals surface area contributed by atoms with Crippen LogP contribution in [0.25, 0.3) is 0 Å². The minimum absolute atomic E-state index is 0.0727. The first-order chi connectivity index (χ1) is 38.0. The number of carbonyl (C=O) groups excluding carboxylic acids is 3. The van der Waals surface area contributed by atoms with Crippen LogP contribution in [0.3, 0.4) is 0 Å². The SMILES string of the molecule is CCC/C=C\CCCCCCCC(=O)OCC(COC(=O)CCCCCCCCCCCCCCCCCCCCCCCCCCCCCCCCCCC)OC(=O)CCCCCCC/C=C\CCCCCCCCC. The van der Waals surface area contributed by atoms with Gasteiger partial charge in [0.1, 0.15) is 13.2 Å². The minimum Gasteiger partial charge on any atom is -0.462 e. The van der Waals surface area contributed by atoms with Crippen LogP contribution in [0, 0.1) is 0 Å². The van der Waals surface area contributed by atoms with E-state index in [2.05, 4.69) is 45.1 Å². The quantitative estimate of drug-likeness (QED) is 0.0261. The molecule has 0 aliphatic rings. The van der Waals surface area contributed by atoms with Crippen molar-refractivity contribution in [3.8, 4) is 0 Å². The van der Waals surface area contributed by atoms with Gasteiger partial charge >= 0.3 is 17.9 Å². The average Bonchev–Trinajstić information content (AvgIpc) is 3.43. The summed E-state index contributed by atoms with van der Waals surface area (Å²) in [6.45, 7) is 6.63. The van der Waals surface area contributed by atoms with Crippen molar-refractivity contribution in [3.63, 3.8) is 0 Å². The van der Waals surface area contributed by atoms with Crippen LogP contribution in [0.5, 0.6) is 0 Å². The van der Waals surface area contributed by atoms with Gasteiger partial charge in [-0.25, -0.2) is 0 Å². The van der Waals surface area contributed by atoms with Gasteiger partial charge < -0.3 is 14.2 Å². The zero-order valence-corrected chi connectivity index (χ0v) is 52.3. The molecule has 0 radical (unpaired) electrons. The first kappa shape index (κ1) is 74.9. The number of esters is 3. The Hall–Kier alpha value is -2.11. The molecule has 0 aliphatic heterocycles. The molecule has 0 spiro atoms. The Morgan fingerprint density at radius 2 is 0.455 bits per heavy atom. The van der Waals surface area contributed by atoms with E-state index in [1.807, 2.05) is 0 Å². The van der Waals surface area contributed by atoms with E-state index < -0.39 is 6.10 Å². The molecule has 0 rings (SSSR count). The lowest BCUT2D eigenvalue weighted by Crippen LogP contribution is -2.30. The van der Waals surface area contributed by atoms with Crippen LogP contribution in [-0.2, 0) is 28.6 Å². The third-order valence-corrected chi connectivity index (χ3v) is 15.9. The van der Waals surface area contributed by atoms with Crippen molar-refractivity contribution in [3.05, 3.63) is 24.3 Å². The molecule has 0 aromatic heterocycles. The predicted molar refractivity (Wildman–Crippen MR) is 335 cm³/mol. The molecule has 6 heteroatoms. The number of allylic oxidation sites excluding steroid dienone is 4. The Morgan fingerprint density at radius 1 is 0.247 bits per heavy atom. The average molecular weight is 1080 g/mol. The second kappa shape index (κ2) is 66.4. The second-order valence-corrected chi connectivity index (χ2v) is 23.8. The fourth-order valence-electron chi connectivity index (χ4n) is 10.7. The van der Waals surface area contributed by atoms with Crippen LogP contribution < -0.4 is 0 Å². The molecular weight excluding hydrogens is 949 g/mol. The Morgan fingerprint density at radius 3 is 0.701 bits per heavy atom. The van der Waals surface area contributed by atoms with Crippen LogP contribution >= 0.6 is 0 Å². The molecule has 0 amide bonds. The van der Waals surface area contributed by atoms with Gasteiger partial charge in [0.2, 0.25) is 0 Å². The molecular formula is C71H134O6. The third-order valence-electron chi connectivity index (χ3n) is 15.9. The van der Waals surface area contributed by atoms with Gasteiger partial charge in [-0.1, -0.05) is 334 Å². The Labute approximate surface area is 481 Å². The highest BCUT2D eigenvalue weighted by Crippen LogP contribution is 2.19. The summed E-state index contributed by atoms with van der Waals surface area (Å²) in [7, 11) is 0. The molecule has 0 heterocycles. The van der Waals surface area contributed by atoms with E-state index in [9.17, 15) is 14.4 Å². The van der Waals surface area contributed by atoms with Crippen molar-refractivity contribution < 1.29 is 28.6 Å². The highest BCUT2D eigenvalue weighted by molar-refractivity contribution is 5.71. The maximum atomic E-state index is 12.9. The van der Waals surface area contributed by atoms with E-state index in [-0.39, 0.29) is 31.1 Å².